The zero-order valence-corrected chi connectivity index (χ0v) is 20.5. The number of aromatic nitrogens is 2. The molecular formula is C27H31FN2O2S. The number of methoxy groups -OCH3 is 1. The fourth-order valence-corrected chi connectivity index (χ4v) is 6.16. The van der Waals surface area contributed by atoms with Crippen molar-refractivity contribution in [2.75, 3.05) is 7.11 Å². The van der Waals surface area contributed by atoms with Gasteiger partial charge in [0.25, 0.3) is 0 Å². The maximum atomic E-state index is 13.4. The van der Waals surface area contributed by atoms with Crippen LogP contribution in [0.1, 0.15) is 60.3 Å². The van der Waals surface area contributed by atoms with Gasteiger partial charge in [-0.2, -0.15) is 0 Å². The number of carbonyl (C=O) groups is 1. The quantitative estimate of drug-likeness (QED) is 0.389. The fraction of sp³-hybridized carbons (Fsp3) is 0.407. The number of ether oxygens (including phenoxy) is 1. The van der Waals surface area contributed by atoms with Crippen LogP contribution in [0.25, 0.3) is 17.3 Å². The van der Waals surface area contributed by atoms with Crippen molar-refractivity contribution in [2.24, 2.45) is 11.3 Å². The van der Waals surface area contributed by atoms with Crippen LogP contribution in [0, 0.1) is 17.2 Å². The summed E-state index contributed by atoms with van der Waals surface area (Å²) in [5, 5.41) is 0. The topological polar surface area (TPSA) is 44.1 Å². The summed E-state index contributed by atoms with van der Waals surface area (Å²) in [6.45, 7) is 7.26. The fourth-order valence-electron chi connectivity index (χ4n) is 5.16. The molecule has 0 saturated heterocycles. The van der Waals surface area contributed by atoms with Crippen molar-refractivity contribution >= 4 is 23.4 Å². The van der Waals surface area contributed by atoms with Crippen molar-refractivity contribution in [3.05, 3.63) is 69.6 Å². The number of benzene rings is 1. The van der Waals surface area contributed by atoms with E-state index < -0.39 is 0 Å². The third kappa shape index (κ3) is 4.41. The molecular weight excluding hydrogens is 435 g/mol. The summed E-state index contributed by atoms with van der Waals surface area (Å²) in [5.74, 6) is 0.00372. The Morgan fingerprint density at radius 2 is 2.00 bits per heavy atom. The second kappa shape index (κ2) is 9.64. The van der Waals surface area contributed by atoms with E-state index in [-0.39, 0.29) is 17.2 Å². The Balaban J connectivity index is 0.00000126. The Hall–Kier alpha value is -2.73. The van der Waals surface area contributed by atoms with Gasteiger partial charge in [0.2, 0.25) is 0 Å². The molecule has 6 heteroatoms. The van der Waals surface area contributed by atoms with Crippen molar-refractivity contribution in [3.8, 4) is 11.3 Å². The molecule has 1 aliphatic heterocycles. The molecule has 0 radical (unpaired) electrons. The molecule has 1 aliphatic carbocycles. The van der Waals surface area contributed by atoms with Crippen LogP contribution in [-0.4, -0.2) is 22.6 Å². The van der Waals surface area contributed by atoms with Gasteiger partial charge in [0.05, 0.1) is 24.8 Å². The largest absolute Gasteiger partial charge is 0.465 e. The normalized spacial score (nSPS) is 21.2. The number of fused-ring (bicyclic) bond motifs is 2. The molecule has 0 spiro atoms. The number of hydrogen-bond acceptors (Lipinski definition) is 4. The molecule has 1 saturated carbocycles. The van der Waals surface area contributed by atoms with Gasteiger partial charge in [-0.05, 0) is 74.1 Å². The zero-order valence-electron chi connectivity index (χ0n) is 19.7. The van der Waals surface area contributed by atoms with E-state index in [1.54, 1.807) is 23.5 Å². The minimum Gasteiger partial charge on any atom is -0.465 e. The van der Waals surface area contributed by atoms with E-state index in [0.717, 1.165) is 36.3 Å². The molecule has 33 heavy (non-hydrogen) atoms. The van der Waals surface area contributed by atoms with Crippen LogP contribution in [0.15, 0.2) is 48.3 Å². The average Bonchev–Trinajstić information content (AvgIpc) is 3.46. The Kier molecular flexibility index (Phi) is 6.84. The second-order valence-corrected chi connectivity index (χ2v) is 9.92. The molecule has 5 rings (SSSR count). The minimum atomic E-state index is -0.263. The van der Waals surface area contributed by atoms with E-state index in [9.17, 15) is 9.18 Å². The maximum absolute atomic E-state index is 13.4. The van der Waals surface area contributed by atoms with E-state index in [4.69, 9.17) is 4.74 Å². The molecule has 4 nitrogen and oxygen atoms in total. The van der Waals surface area contributed by atoms with Crippen LogP contribution < -0.4 is 0 Å². The highest BCUT2D eigenvalue weighted by atomic mass is 32.1. The zero-order chi connectivity index (χ0) is 23.6. The van der Waals surface area contributed by atoms with E-state index in [1.807, 2.05) is 26.2 Å². The molecule has 2 atom stereocenters. The Labute approximate surface area is 199 Å². The van der Waals surface area contributed by atoms with Gasteiger partial charge in [0.1, 0.15) is 10.7 Å². The lowest BCUT2D eigenvalue weighted by Gasteiger charge is -2.46. The maximum Gasteiger partial charge on any atom is 0.348 e. The summed E-state index contributed by atoms with van der Waals surface area (Å²) in [7, 11) is 1.42. The standard InChI is InChI=1S/C25H25FN2O2S.C2H6/c1-25-14-28-15-27-23(16-6-8-19(26)9-7-16)21(28)13-18(25)5-3-4-17(25)12-20-10-11-22(31-20)24(29)30-2;1-2/h6-11,13,15,17H,3-5,12,14H2,1-2H3;1-2H3/t17-,25-;/m1./s1. The Morgan fingerprint density at radius 3 is 2.73 bits per heavy atom. The average molecular weight is 467 g/mol. The smallest absolute Gasteiger partial charge is 0.348 e. The van der Waals surface area contributed by atoms with Crippen molar-refractivity contribution in [1.82, 2.24) is 9.55 Å². The van der Waals surface area contributed by atoms with Gasteiger partial charge in [-0.3, -0.25) is 0 Å². The van der Waals surface area contributed by atoms with Gasteiger partial charge in [0, 0.05) is 22.4 Å². The highest BCUT2D eigenvalue weighted by Gasteiger charge is 2.43. The Bertz CT molecular complexity index is 1160. The first-order valence-corrected chi connectivity index (χ1v) is 12.5. The Morgan fingerprint density at radius 1 is 1.24 bits per heavy atom. The van der Waals surface area contributed by atoms with E-state index >= 15 is 0 Å². The number of rotatable bonds is 4. The summed E-state index contributed by atoms with van der Waals surface area (Å²) < 4.78 is 20.5. The van der Waals surface area contributed by atoms with Crippen molar-refractivity contribution in [2.45, 2.75) is 53.0 Å². The van der Waals surface area contributed by atoms with Gasteiger partial charge in [-0.1, -0.05) is 26.3 Å². The van der Waals surface area contributed by atoms with Crippen molar-refractivity contribution < 1.29 is 13.9 Å². The molecule has 3 aromatic rings. The SMILES string of the molecule is CC.COC(=O)c1ccc(C[C@H]2CCCC3=Cc4c(-c5ccc(F)cc5)ncn4C[C@@]32C)s1. The highest BCUT2D eigenvalue weighted by Crippen LogP contribution is 2.51. The third-order valence-electron chi connectivity index (χ3n) is 6.93. The summed E-state index contributed by atoms with van der Waals surface area (Å²) in [5.41, 5.74) is 4.50. The first kappa shape index (κ1) is 23.4. The van der Waals surface area contributed by atoms with Gasteiger partial charge in [0.15, 0.2) is 0 Å². The number of halogens is 1. The lowest BCUT2D eigenvalue weighted by molar-refractivity contribution is 0.0606. The predicted molar refractivity (Wildman–Crippen MR) is 132 cm³/mol. The van der Waals surface area contributed by atoms with Gasteiger partial charge >= 0.3 is 5.97 Å². The summed E-state index contributed by atoms with van der Waals surface area (Å²) in [4.78, 5) is 18.4. The number of esters is 1. The molecule has 0 unspecified atom stereocenters. The van der Waals surface area contributed by atoms with Crippen LogP contribution >= 0.6 is 11.3 Å². The van der Waals surface area contributed by atoms with Crippen LogP contribution in [0.2, 0.25) is 0 Å². The molecule has 1 fully saturated rings. The van der Waals surface area contributed by atoms with Gasteiger partial charge in [-0.15, -0.1) is 11.3 Å². The number of allylic oxidation sites excluding steroid dienone is 1. The monoisotopic (exact) mass is 466 g/mol. The first-order chi connectivity index (χ1) is 16.0. The second-order valence-electron chi connectivity index (χ2n) is 8.75. The number of hydrogen-bond donors (Lipinski definition) is 0. The highest BCUT2D eigenvalue weighted by molar-refractivity contribution is 7.13. The third-order valence-corrected chi connectivity index (χ3v) is 8.02. The molecule has 1 aromatic carbocycles. The van der Waals surface area contributed by atoms with E-state index in [1.165, 1.54) is 42.5 Å². The van der Waals surface area contributed by atoms with Gasteiger partial charge in [-0.25, -0.2) is 14.2 Å². The van der Waals surface area contributed by atoms with Crippen molar-refractivity contribution in [1.29, 1.82) is 0 Å². The molecule has 3 heterocycles. The molecule has 2 aliphatic rings. The summed E-state index contributed by atoms with van der Waals surface area (Å²) in [6, 6.07) is 10.5. The molecule has 0 amide bonds. The van der Waals surface area contributed by atoms with Crippen molar-refractivity contribution in [3.63, 3.8) is 0 Å². The molecule has 174 valence electrons. The predicted octanol–water partition coefficient (Wildman–Crippen LogP) is 7.01. The number of imidazole rings is 1. The number of nitrogens with zero attached hydrogens (tertiary/aromatic N) is 2. The number of thiophene rings is 1. The van der Waals surface area contributed by atoms with Crippen LogP contribution in [0.3, 0.4) is 0 Å². The lowest BCUT2D eigenvalue weighted by atomic mass is 9.62. The minimum absolute atomic E-state index is 0.0570. The van der Waals surface area contributed by atoms with Crippen LogP contribution in [0.4, 0.5) is 4.39 Å². The van der Waals surface area contributed by atoms with Crippen LogP contribution in [0.5, 0.6) is 0 Å². The van der Waals surface area contributed by atoms with E-state index in [2.05, 4.69) is 28.6 Å². The molecule has 2 aromatic heterocycles. The van der Waals surface area contributed by atoms with Crippen LogP contribution in [-0.2, 0) is 17.7 Å². The lowest BCUT2D eigenvalue weighted by Crippen LogP contribution is -2.40. The van der Waals surface area contributed by atoms with Gasteiger partial charge < -0.3 is 9.30 Å². The molecule has 0 bridgehead atoms. The summed E-state index contributed by atoms with van der Waals surface area (Å²) in [6.07, 6.45) is 8.63. The molecule has 0 N–H and O–H groups in total. The van der Waals surface area contributed by atoms with E-state index in [0.29, 0.717) is 10.8 Å². The number of carbonyl (C=O) groups excluding carboxylic acids is 1. The summed E-state index contributed by atoms with van der Waals surface area (Å²) >= 11 is 1.54. The first-order valence-electron chi connectivity index (χ1n) is 11.7.